The van der Waals surface area contributed by atoms with Gasteiger partial charge in [-0.3, -0.25) is 4.79 Å². The molecule has 0 bridgehead atoms. The van der Waals surface area contributed by atoms with Crippen LogP contribution in [0, 0.1) is 11.6 Å². The van der Waals surface area contributed by atoms with Crippen molar-refractivity contribution in [1.82, 2.24) is 10.3 Å². The van der Waals surface area contributed by atoms with Crippen LogP contribution < -0.4 is 5.32 Å². The van der Waals surface area contributed by atoms with Crippen molar-refractivity contribution in [1.29, 1.82) is 0 Å². The Kier molecular flexibility index (Phi) is 5.92. The highest BCUT2D eigenvalue weighted by Gasteiger charge is 2.18. The molecule has 7 heteroatoms. The summed E-state index contributed by atoms with van der Waals surface area (Å²) in [5.41, 5.74) is 2.49. The number of hydrogen-bond donors (Lipinski definition) is 3. The number of hydrogen-bond acceptors (Lipinski definition) is 2. The normalized spacial score (nSPS) is 12.3. The average Bonchev–Trinajstić information content (AvgIpc) is 2.99. The van der Waals surface area contributed by atoms with Crippen molar-refractivity contribution in [3.63, 3.8) is 0 Å². The van der Waals surface area contributed by atoms with Crippen molar-refractivity contribution >= 4 is 32.7 Å². The first-order valence-electron chi connectivity index (χ1n) is 8.54. The number of nitrogens with one attached hydrogen (secondary N) is 2. The van der Waals surface area contributed by atoms with Crippen molar-refractivity contribution in [3.05, 3.63) is 58.1 Å². The van der Waals surface area contributed by atoms with Gasteiger partial charge in [0.1, 0.15) is 11.6 Å². The second kappa shape index (κ2) is 8.19. The Bertz CT molecular complexity index is 970. The molecule has 3 N–H and O–H groups in total. The van der Waals surface area contributed by atoms with Crippen LogP contribution >= 0.6 is 15.9 Å². The highest BCUT2D eigenvalue weighted by Crippen LogP contribution is 2.34. The number of fused-ring (bicyclic) bond motifs is 1. The lowest BCUT2D eigenvalue weighted by Gasteiger charge is -2.11. The minimum Gasteiger partial charge on any atom is -0.394 e. The van der Waals surface area contributed by atoms with Gasteiger partial charge in [-0.05, 0) is 60.9 Å². The van der Waals surface area contributed by atoms with Crippen molar-refractivity contribution in [3.8, 4) is 11.3 Å². The number of aromatic amines is 1. The minimum atomic E-state index is -0.410. The number of H-pyrrole nitrogens is 1. The first-order chi connectivity index (χ1) is 12.9. The molecule has 1 aromatic heterocycles. The lowest BCUT2D eigenvalue weighted by atomic mass is 10.0. The molecule has 27 heavy (non-hydrogen) atoms. The van der Waals surface area contributed by atoms with Gasteiger partial charge < -0.3 is 15.4 Å². The van der Waals surface area contributed by atoms with E-state index in [1.807, 2.05) is 0 Å². The topological polar surface area (TPSA) is 65.1 Å². The third-order valence-electron chi connectivity index (χ3n) is 4.35. The molecule has 1 unspecified atom stereocenters. The Hall–Kier alpha value is -2.25. The van der Waals surface area contributed by atoms with Crippen LogP contribution in [0.4, 0.5) is 8.78 Å². The number of aliphatic hydroxyl groups is 1. The number of carbonyl (C=O) groups excluding carboxylic acids is 1. The van der Waals surface area contributed by atoms with Gasteiger partial charge in [-0.15, -0.1) is 0 Å². The second-order valence-electron chi connectivity index (χ2n) is 6.45. The van der Waals surface area contributed by atoms with E-state index in [0.717, 1.165) is 5.56 Å². The van der Waals surface area contributed by atoms with E-state index >= 15 is 0 Å². The zero-order valence-corrected chi connectivity index (χ0v) is 16.2. The van der Waals surface area contributed by atoms with E-state index < -0.39 is 5.82 Å². The highest BCUT2D eigenvalue weighted by atomic mass is 79.9. The Morgan fingerprint density at radius 2 is 1.96 bits per heavy atom. The van der Waals surface area contributed by atoms with E-state index in [1.54, 1.807) is 25.1 Å². The first-order valence-corrected chi connectivity index (χ1v) is 9.34. The predicted molar refractivity (Wildman–Crippen MR) is 104 cm³/mol. The molecule has 3 aromatic rings. The van der Waals surface area contributed by atoms with Crippen LogP contribution in [0.15, 0.2) is 40.9 Å². The van der Waals surface area contributed by atoms with Crippen molar-refractivity contribution in [2.45, 2.75) is 25.8 Å². The number of aryl methyl sites for hydroxylation is 1. The standard InChI is InChI=1S/C20H19BrF2N2O2/c1-11(10-26)24-18(27)7-6-15-16-8-13(21)9-17(23)20(16)25-19(15)12-2-4-14(22)5-3-12/h2-5,8-9,11,25-26H,6-7,10H2,1H3,(H,24,27). The van der Waals surface area contributed by atoms with Crippen LogP contribution in [0.5, 0.6) is 0 Å². The first kappa shape index (κ1) is 19.5. The fourth-order valence-corrected chi connectivity index (χ4v) is 3.46. The van der Waals surface area contributed by atoms with Crippen LogP contribution in [0.3, 0.4) is 0 Å². The van der Waals surface area contributed by atoms with Gasteiger partial charge in [-0.1, -0.05) is 15.9 Å². The summed E-state index contributed by atoms with van der Waals surface area (Å²) in [4.78, 5) is 15.2. The van der Waals surface area contributed by atoms with E-state index in [4.69, 9.17) is 5.11 Å². The summed E-state index contributed by atoms with van der Waals surface area (Å²) < 4.78 is 28.3. The summed E-state index contributed by atoms with van der Waals surface area (Å²) in [6.45, 7) is 1.57. The molecule has 1 amide bonds. The Labute approximate surface area is 163 Å². The lowest BCUT2D eigenvalue weighted by molar-refractivity contribution is -0.121. The van der Waals surface area contributed by atoms with Gasteiger partial charge in [0.05, 0.1) is 12.1 Å². The molecule has 0 fully saturated rings. The van der Waals surface area contributed by atoms with Crippen molar-refractivity contribution in [2.75, 3.05) is 6.61 Å². The molecule has 0 aliphatic rings. The summed E-state index contributed by atoms with van der Waals surface area (Å²) >= 11 is 3.30. The van der Waals surface area contributed by atoms with Crippen LogP contribution in [0.1, 0.15) is 18.9 Å². The summed E-state index contributed by atoms with van der Waals surface area (Å²) in [5, 5.41) is 12.4. The fourth-order valence-electron chi connectivity index (χ4n) is 3.03. The van der Waals surface area contributed by atoms with Crippen LogP contribution in [0.2, 0.25) is 0 Å². The summed E-state index contributed by atoms with van der Waals surface area (Å²) in [5.74, 6) is -0.971. The maximum absolute atomic E-state index is 14.4. The third kappa shape index (κ3) is 4.36. The van der Waals surface area contributed by atoms with Gasteiger partial charge >= 0.3 is 0 Å². The molecule has 3 rings (SSSR count). The minimum absolute atomic E-state index is 0.141. The quantitative estimate of drug-likeness (QED) is 0.539. The smallest absolute Gasteiger partial charge is 0.220 e. The van der Waals surface area contributed by atoms with E-state index in [-0.39, 0.29) is 30.8 Å². The van der Waals surface area contributed by atoms with Gasteiger partial charge in [0.25, 0.3) is 0 Å². The Balaban J connectivity index is 2.01. The molecule has 0 spiro atoms. The molecule has 142 valence electrons. The zero-order valence-electron chi connectivity index (χ0n) is 14.7. The number of aliphatic hydroxyl groups excluding tert-OH is 1. The van der Waals surface area contributed by atoms with Crippen LogP contribution in [-0.2, 0) is 11.2 Å². The third-order valence-corrected chi connectivity index (χ3v) is 4.81. The van der Waals surface area contributed by atoms with E-state index in [1.165, 1.54) is 18.2 Å². The lowest BCUT2D eigenvalue weighted by Crippen LogP contribution is -2.35. The maximum atomic E-state index is 14.4. The summed E-state index contributed by atoms with van der Waals surface area (Å²) in [6, 6.07) is 8.75. The van der Waals surface area contributed by atoms with E-state index in [9.17, 15) is 13.6 Å². The molecular weight excluding hydrogens is 418 g/mol. The molecule has 0 saturated carbocycles. The molecule has 0 aliphatic heterocycles. The number of halogens is 3. The molecule has 1 atom stereocenters. The Morgan fingerprint density at radius 3 is 2.63 bits per heavy atom. The molecular formula is C20H19BrF2N2O2. The SMILES string of the molecule is CC(CO)NC(=O)CCc1c(-c2ccc(F)cc2)[nH]c2c(F)cc(Br)cc12. The highest BCUT2D eigenvalue weighted by molar-refractivity contribution is 9.10. The zero-order chi connectivity index (χ0) is 19.6. The second-order valence-corrected chi connectivity index (χ2v) is 7.36. The molecule has 0 aliphatic carbocycles. The number of aromatic nitrogens is 1. The van der Waals surface area contributed by atoms with Crippen LogP contribution in [0.25, 0.3) is 22.2 Å². The number of carbonyl (C=O) groups is 1. The monoisotopic (exact) mass is 436 g/mol. The summed E-state index contributed by atoms with van der Waals surface area (Å²) in [7, 11) is 0. The predicted octanol–water partition coefficient (Wildman–Crippen LogP) is 4.31. The van der Waals surface area contributed by atoms with E-state index in [2.05, 4.69) is 26.2 Å². The van der Waals surface area contributed by atoms with Crippen molar-refractivity contribution < 1.29 is 18.7 Å². The van der Waals surface area contributed by atoms with Crippen LogP contribution in [-0.4, -0.2) is 28.6 Å². The fraction of sp³-hybridized carbons (Fsp3) is 0.250. The largest absolute Gasteiger partial charge is 0.394 e. The number of amides is 1. The Morgan fingerprint density at radius 1 is 1.26 bits per heavy atom. The number of rotatable bonds is 6. The summed E-state index contributed by atoms with van der Waals surface area (Å²) in [6.07, 6.45) is 0.548. The maximum Gasteiger partial charge on any atom is 0.220 e. The molecule has 2 aromatic carbocycles. The van der Waals surface area contributed by atoms with Crippen molar-refractivity contribution in [2.24, 2.45) is 0 Å². The van der Waals surface area contributed by atoms with Gasteiger partial charge in [-0.2, -0.15) is 0 Å². The number of benzene rings is 2. The molecule has 0 saturated heterocycles. The average molecular weight is 437 g/mol. The van der Waals surface area contributed by atoms with E-state index in [0.29, 0.717) is 33.1 Å². The van der Waals surface area contributed by atoms with Gasteiger partial charge in [0.2, 0.25) is 5.91 Å². The van der Waals surface area contributed by atoms with Gasteiger partial charge in [-0.25, -0.2) is 8.78 Å². The molecule has 4 nitrogen and oxygen atoms in total. The molecule has 0 radical (unpaired) electrons. The van der Waals surface area contributed by atoms with Gasteiger partial charge in [0, 0.05) is 28.0 Å². The molecule has 1 heterocycles. The van der Waals surface area contributed by atoms with Gasteiger partial charge in [0.15, 0.2) is 0 Å².